The first-order valence-electron chi connectivity index (χ1n) is 5.59. The number of aryl methyl sites for hydroxylation is 1. The molecule has 0 spiro atoms. The second kappa shape index (κ2) is 6.68. The second-order valence-corrected chi connectivity index (χ2v) is 3.74. The molecule has 2 nitrogen and oxygen atoms in total. The number of rotatable bonds is 5. The van der Waals surface area contributed by atoms with Crippen LogP contribution in [0.5, 0.6) is 0 Å². The lowest BCUT2D eigenvalue weighted by Crippen LogP contribution is -1.92. The van der Waals surface area contributed by atoms with Crippen LogP contribution in [0.15, 0.2) is 30.2 Å². The van der Waals surface area contributed by atoms with Crippen LogP contribution in [0.25, 0.3) is 6.08 Å². The molecule has 0 amide bonds. The van der Waals surface area contributed by atoms with Gasteiger partial charge in [0.2, 0.25) is 0 Å². The highest BCUT2D eigenvalue weighted by Crippen LogP contribution is 2.02. The maximum atomic E-state index is 5.24. The first kappa shape index (κ1) is 12.3. The third-order valence-electron chi connectivity index (χ3n) is 2.26. The lowest BCUT2D eigenvalue weighted by atomic mass is 10.3. The average Bonchev–Trinajstić information content (AvgIpc) is 2.74. The van der Waals surface area contributed by atoms with Crippen molar-refractivity contribution in [1.29, 1.82) is 0 Å². The summed E-state index contributed by atoms with van der Waals surface area (Å²) in [4.78, 5) is 4.29. The molecule has 2 heteroatoms. The molecule has 0 atom stereocenters. The van der Waals surface area contributed by atoms with Crippen molar-refractivity contribution in [2.45, 2.75) is 33.2 Å². The fraction of sp³-hybridized carbons (Fsp3) is 0.357. The molecule has 0 bridgehead atoms. The summed E-state index contributed by atoms with van der Waals surface area (Å²) >= 11 is 0. The van der Waals surface area contributed by atoms with Gasteiger partial charge in [-0.1, -0.05) is 31.4 Å². The van der Waals surface area contributed by atoms with Crippen LogP contribution in [0.4, 0.5) is 0 Å². The zero-order chi connectivity index (χ0) is 11.8. The molecule has 0 aliphatic heterocycles. The third kappa shape index (κ3) is 4.18. The Morgan fingerprint density at radius 3 is 3.12 bits per heavy atom. The van der Waals surface area contributed by atoms with E-state index in [0.29, 0.717) is 0 Å². The van der Waals surface area contributed by atoms with Crippen LogP contribution < -0.4 is 0 Å². The van der Waals surface area contributed by atoms with E-state index in [1.54, 1.807) is 0 Å². The van der Waals surface area contributed by atoms with Gasteiger partial charge in [0.15, 0.2) is 0 Å². The van der Waals surface area contributed by atoms with Crippen LogP contribution in [-0.4, -0.2) is 9.55 Å². The Balaban J connectivity index is 2.55. The predicted octanol–water partition coefficient (Wildman–Crippen LogP) is 3.28. The van der Waals surface area contributed by atoms with Crippen molar-refractivity contribution in [3.63, 3.8) is 0 Å². The average molecular weight is 214 g/mol. The van der Waals surface area contributed by atoms with Gasteiger partial charge in [0.1, 0.15) is 0 Å². The smallest absolute Gasteiger partial charge is 0.0953 e. The van der Waals surface area contributed by atoms with Gasteiger partial charge >= 0.3 is 0 Å². The summed E-state index contributed by atoms with van der Waals surface area (Å²) in [6, 6.07) is 0. The largest absolute Gasteiger partial charge is 0.337 e. The SMILES string of the molecule is C#C/C(C)=C/C=C\c1cn(CCCC)cn1. The van der Waals surface area contributed by atoms with Crippen LogP contribution in [0, 0.1) is 12.3 Å². The Hall–Kier alpha value is -1.75. The van der Waals surface area contributed by atoms with Crippen molar-refractivity contribution < 1.29 is 0 Å². The van der Waals surface area contributed by atoms with Crippen molar-refractivity contribution >= 4 is 6.08 Å². The molecule has 1 aromatic rings. The predicted molar refractivity (Wildman–Crippen MR) is 68.8 cm³/mol. The number of hydrogen-bond acceptors (Lipinski definition) is 1. The number of nitrogens with zero attached hydrogens (tertiary/aromatic N) is 2. The van der Waals surface area contributed by atoms with Crippen molar-refractivity contribution in [2.24, 2.45) is 0 Å². The molecule has 0 saturated carbocycles. The molecule has 1 aromatic heterocycles. The monoisotopic (exact) mass is 214 g/mol. The first-order valence-corrected chi connectivity index (χ1v) is 5.59. The minimum atomic E-state index is 0.918. The molecule has 0 unspecified atom stereocenters. The standard InChI is InChI=1S/C14H18N2/c1-4-6-10-16-11-14(15-12-16)9-7-8-13(3)5-2/h2,7-9,11-12H,4,6,10H2,1,3H3/b9-7-,13-8+. The van der Waals surface area contributed by atoms with E-state index in [1.165, 1.54) is 12.8 Å². The van der Waals surface area contributed by atoms with Crippen LogP contribution in [0.2, 0.25) is 0 Å². The van der Waals surface area contributed by atoms with Crippen LogP contribution in [0.1, 0.15) is 32.4 Å². The van der Waals surface area contributed by atoms with Crippen LogP contribution in [-0.2, 0) is 6.54 Å². The van der Waals surface area contributed by atoms with E-state index in [-0.39, 0.29) is 0 Å². The zero-order valence-electron chi connectivity index (χ0n) is 9.98. The van der Waals surface area contributed by atoms with E-state index >= 15 is 0 Å². The summed E-state index contributed by atoms with van der Waals surface area (Å²) in [7, 11) is 0. The van der Waals surface area contributed by atoms with Gasteiger partial charge in [0.05, 0.1) is 12.0 Å². The minimum absolute atomic E-state index is 0.918. The maximum Gasteiger partial charge on any atom is 0.0953 e. The van der Waals surface area contributed by atoms with E-state index in [4.69, 9.17) is 6.42 Å². The van der Waals surface area contributed by atoms with Gasteiger partial charge in [-0.3, -0.25) is 0 Å². The Bertz CT molecular complexity index is 416. The lowest BCUT2D eigenvalue weighted by Gasteiger charge is -1.97. The van der Waals surface area contributed by atoms with Gasteiger partial charge in [-0.05, 0) is 25.0 Å². The maximum absolute atomic E-state index is 5.24. The van der Waals surface area contributed by atoms with Crippen molar-refractivity contribution in [1.82, 2.24) is 9.55 Å². The molecule has 0 radical (unpaired) electrons. The van der Waals surface area contributed by atoms with Gasteiger partial charge < -0.3 is 4.57 Å². The Morgan fingerprint density at radius 2 is 2.44 bits per heavy atom. The molecule has 1 heterocycles. The van der Waals surface area contributed by atoms with E-state index in [0.717, 1.165) is 17.8 Å². The molecule has 0 N–H and O–H groups in total. The fourth-order valence-corrected chi connectivity index (χ4v) is 1.27. The molecule has 84 valence electrons. The Labute approximate surface area is 97.7 Å². The van der Waals surface area contributed by atoms with E-state index < -0.39 is 0 Å². The Kier molecular flexibility index (Phi) is 5.15. The summed E-state index contributed by atoms with van der Waals surface area (Å²) in [5.41, 5.74) is 1.89. The van der Waals surface area contributed by atoms with Crippen LogP contribution in [0.3, 0.4) is 0 Å². The molecule has 0 aromatic carbocycles. The molecular formula is C14H18N2. The topological polar surface area (TPSA) is 17.8 Å². The molecule has 16 heavy (non-hydrogen) atoms. The highest BCUT2D eigenvalue weighted by atomic mass is 15.0. The van der Waals surface area contributed by atoms with Gasteiger partial charge in [0.25, 0.3) is 0 Å². The van der Waals surface area contributed by atoms with Gasteiger partial charge in [0, 0.05) is 12.7 Å². The molecule has 0 saturated heterocycles. The molecule has 0 fully saturated rings. The summed E-state index contributed by atoms with van der Waals surface area (Å²) < 4.78 is 2.11. The highest BCUT2D eigenvalue weighted by molar-refractivity contribution is 5.47. The first-order chi connectivity index (χ1) is 7.76. The van der Waals surface area contributed by atoms with Gasteiger partial charge in [-0.2, -0.15) is 0 Å². The zero-order valence-corrected chi connectivity index (χ0v) is 9.98. The molecule has 1 rings (SSSR count). The fourth-order valence-electron chi connectivity index (χ4n) is 1.27. The minimum Gasteiger partial charge on any atom is -0.337 e. The summed E-state index contributed by atoms with van der Waals surface area (Å²) in [5.74, 6) is 2.57. The number of aromatic nitrogens is 2. The second-order valence-electron chi connectivity index (χ2n) is 3.74. The van der Waals surface area contributed by atoms with E-state index in [2.05, 4.69) is 22.4 Å². The number of allylic oxidation sites excluding steroid dienone is 3. The van der Waals surface area contributed by atoms with Crippen molar-refractivity contribution in [2.75, 3.05) is 0 Å². The number of unbranched alkanes of at least 4 members (excludes halogenated alkanes) is 1. The molecular weight excluding hydrogens is 196 g/mol. The highest BCUT2D eigenvalue weighted by Gasteiger charge is 1.93. The third-order valence-corrected chi connectivity index (χ3v) is 2.26. The molecule has 0 aliphatic carbocycles. The number of imidazole rings is 1. The molecule has 0 aliphatic rings. The van der Waals surface area contributed by atoms with E-state index in [9.17, 15) is 0 Å². The number of hydrogen-bond donors (Lipinski definition) is 0. The lowest BCUT2D eigenvalue weighted by molar-refractivity contribution is 0.631. The van der Waals surface area contributed by atoms with Gasteiger partial charge in [-0.25, -0.2) is 4.98 Å². The van der Waals surface area contributed by atoms with Gasteiger partial charge in [-0.15, -0.1) is 6.42 Å². The quantitative estimate of drug-likeness (QED) is 0.543. The van der Waals surface area contributed by atoms with E-state index in [1.807, 2.05) is 37.7 Å². The van der Waals surface area contributed by atoms with Crippen LogP contribution >= 0.6 is 0 Å². The van der Waals surface area contributed by atoms with Crippen molar-refractivity contribution in [3.05, 3.63) is 35.9 Å². The normalized spacial score (nSPS) is 11.9. The summed E-state index contributed by atoms with van der Waals surface area (Å²) in [6.45, 7) is 5.13. The summed E-state index contributed by atoms with van der Waals surface area (Å²) in [5, 5.41) is 0. The summed E-state index contributed by atoms with van der Waals surface area (Å²) in [6.07, 6.45) is 17.3. The van der Waals surface area contributed by atoms with Crippen molar-refractivity contribution in [3.8, 4) is 12.3 Å². The number of terminal acetylenes is 1. The Morgan fingerprint density at radius 1 is 1.62 bits per heavy atom.